The Kier molecular flexibility index (Phi) is 3.04. The van der Waals surface area contributed by atoms with Crippen molar-refractivity contribution < 1.29 is 13.9 Å². The predicted molar refractivity (Wildman–Crippen MR) is 63.7 cm³/mol. The zero-order valence-corrected chi connectivity index (χ0v) is 10.6. The highest BCUT2D eigenvalue weighted by molar-refractivity contribution is 9.10. The first kappa shape index (κ1) is 11.6. The van der Waals surface area contributed by atoms with Gasteiger partial charge in [-0.15, -0.1) is 0 Å². The van der Waals surface area contributed by atoms with Gasteiger partial charge in [0.05, 0.1) is 4.47 Å². The maximum Gasteiger partial charge on any atom is 0.141 e. The first-order valence-electron chi connectivity index (χ1n) is 5.05. The number of furan rings is 1. The van der Waals surface area contributed by atoms with Gasteiger partial charge in [0.15, 0.2) is 0 Å². The van der Waals surface area contributed by atoms with Gasteiger partial charge in [0.2, 0.25) is 0 Å². The Bertz CT molecular complexity index is 480. The zero-order valence-electron chi connectivity index (χ0n) is 9.00. The molecule has 2 aromatic rings. The normalized spacial score (nSPS) is 13.6. The fraction of sp³-hybridized carbons (Fsp3) is 0.333. The second-order valence-electron chi connectivity index (χ2n) is 4.14. The molecule has 1 aromatic carbocycles. The first-order chi connectivity index (χ1) is 7.49. The third kappa shape index (κ3) is 1.99. The molecule has 0 aliphatic carbocycles. The second kappa shape index (κ2) is 4.18. The van der Waals surface area contributed by atoms with Crippen molar-refractivity contribution in [2.75, 3.05) is 0 Å². The van der Waals surface area contributed by atoms with Crippen molar-refractivity contribution in [2.24, 2.45) is 5.92 Å². The van der Waals surface area contributed by atoms with Gasteiger partial charge in [0.1, 0.15) is 23.3 Å². The molecule has 0 fully saturated rings. The average molecular weight is 287 g/mol. The molecule has 0 amide bonds. The lowest BCUT2D eigenvalue weighted by Gasteiger charge is -2.10. The molecule has 1 atom stereocenters. The summed E-state index contributed by atoms with van der Waals surface area (Å²) in [5.74, 6) is 0.170. The standard InChI is InChI=1S/C12H12BrFO2/c1-6(2)12(15)11-4-7-3-8(13)9(14)5-10(7)16-11/h3-6,12,15H,1-2H3. The number of aliphatic hydroxyl groups is 1. The van der Waals surface area contributed by atoms with Crippen LogP contribution < -0.4 is 0 Å². The van der Waals surface area contributed by atoms with E-state index in [0.717, 1.165) is 5.39 Å². The van der Waals surface area contributed by atoms with Gasteiger partial charge in [-0.2, -0.15) is 0 Å². The number of benzene rings is 1. The third-order valence-corrected chi connectivity index (χ3v) is 3.11. The predicted octanol–water partition coefficient (Wildman–Crippen LogP) is 4.02. The van der Waals surface area contributed by atoms with Crippen molar-refractivity contribution in [1.29, 1.82) is 0 Å². The highest BCUT2D eigenvalue weighted by atomic mass is 79.9. The number of hydrogen-bond acceptors (Lipinski definition) is 2. The highest BCUT2D eigenvalue weighted by Gasteiger charge is 2.17. The van der Waals surface area contributed by atoms with Crippen molar-refractivity contribution in [2.45, 2.75) is 20.0 Å². The van der Waals surface area contributed by atoms with Crippen molar-refractivity contribution in [3.63, 3.8) is 0 Å². The van der Waals surface area contributed by atoms with Crippen LogP contribution in [0.3, 0.4) is 0 Å². The largest absolute Gasteiger partial charge is 0.458 e. The van der Waals surface area contributed by atoms with Crippen molar-refractivity contribution in [3.8, 4) is 0 Å². The Morgan fingerprint density at radius 2 is 2.00 bits per heavy atom. The lowest BCUT2D eigenvalue weighted by molar-refractivity contribution is 0.104. The molecule has 0 aliphatic rings. The van der Waals surface area contributed by atoms with Crippen LogP contribution in [0.15, 0.2) is 27.1 Å². The SMILES string of the molecule is CC(C)C(O)c1cc2cc(Br)c(F)cc2o1. The molecule has 0 spiro atoms. The van der Waals surface area contributed by atoms with E-state index in [2.05, 4.69) is 15.9 Å². The van der Waals surface area contributed by atoms with Gasteiger partial charge < -0.3 is 9.52 Å². The van der Waals surface area contributed by atoms with Crippen LogP contribution in [0.1, 0.15) is 25.7 Å². The van der Waals surface area contributed by atoms with Crippen LogP contribution in [-0.4, -0.2) is 5.11 Å². The molecule has 0 aliphatic heterocycles. The summed E-state index contributed by atoms with van der Waals surface area (Å²) in [6.07, 6.45) is -0.658. The quantitative estimate of drug-likeness (QED) is 0.904. The van der Waals surface area contributed by atoms with E-state index in [-0.39, 0.29) is 11.7 Å². The number of fused-ring (bicyclic) bond motifs is 1. The molecule has 0 saturated heterocycles. The smallest absolute Gasteiger partial charge is 0.141 e. The van der Waals surface area contributed by atoms with E-state index in [1.807, 2.05) is 13.8 Å². The van der Waals surface area contributed by atoms with Gasteiger partial charge in [0, 0.05) is 11.5 Å². The van der Waals surface area contributed by atoms with E-state index >= 15 is 0 Å². The summed E-state index contributed by atoms with van der Waals surface area (Å²) in [4.78, 5) is 0. The van der Waals surface area contributed by atoms with E-state index in [9.17, 15) is 9.50 Å². The van der Waals surface area contributed by atoms with Gasteiger partial charge in [-0.1, -0.05) is 13.8 Å². The van der Waals surface area contributed by atoms with Crippen molar-refractivity contribution >= 4 is 26.9 Å². The molecule has 0 saturated carbocycles. The first-order valence-corrected chi connectivity index (χ1v) is 5.85. The summed E-state index contributed by atoms with van der Waals surface area (Å²) in [6.45, 7) is 3.79. The number of rotatable bonds is 2. The van der Waals surface area contributed by atoms with E-state index in [0.29, 0.717) is 15.8 Å². The lowest BCUT2D eigenvalue weighted by Crippen LogP contribution is -2.03. The fourth-order valence-electron chi connectivity index (χ4n) is 1.53. The maximum atomic E-state index is 13.2. The van der Waals surface area contributed by atoms with Gasteiger partial charge in [-0.05, 0) is 34.0 Å². The number of aliphatic hydroxyl groups excluding tert-OH is 1. The minimum absolute atomic E-state index is 0.0637. The summed E-state index contributed by atoms with van der Waals surface area (Å²) < 4.78 is 19.1. The molecular formula is C12H12BrFO2. The van der Waals surface area contributed by atoms with Gasteiger partial charge in [-0.25, -0.2) is 4.39 Å². The lowest BCUT2D eigenvalue weighted by atomic mass is 10.1. The summed E-state index contributed by atoms with van der Waals surface area (Å²) in [5, 5.41) is 10.6. The van der Waals surface area contributed by atoms with Crippen molar-refractivity contribution in [1.82, 2.24) is 0 Å². The second-order valence-corrected chi connectivity index (χ2v) is 5.00. The number of hydrogen-bond donors (Lipinski definition) is 1. The minimum Gasteiger partial charge on any atom is -0.458 e. The number of halogens is 2. The summed E-state index contributed by atoms with van der Waals surface area (Å²) in [6, 6.07) is 4.70. The van der Waals surface area contributed by atoms with Crippen LogP contribution >= 0.6 is 15.9 Å². The Morgan fingerprint density at radius 1 is 1.31 bits per heavy atom. The molecular weight excluding hydrogens is 275 g/mol. The highest BCUT2D eigenvalue weighted by Crippen LogP contribution is 2.30. The molecule has 1 heterocycles. The average Bonchev–Trinajstić information content (AvgIpc) is 2.60. The molecule has 16 heavy (non-hydrogen) atoms. The Morgan fingerprint density at radius 3 is 2.62 bits per heavy atom. The van der Waals surface area contributed by atoms with Gasteiger partial charge >= 0.3 is 0 Å². The van der Waals surface area contributed by atoms with Crippen LogP contribution in [0.25, 0.3) is 11.0 Å². The molecule has 1 N–H and O–H groups in total. The van der Waals surface area contributed by atoms with Gasteiger partial charge in [0.25, 0.3) is 0 Å². The van der Waals surface area contributed by atoms with Crippen molar-refractivity contribution in [3.05, 3.63) is 34.2 Å². The molecule has 1 unspecified atom stereocenters. The van der Waals surface area contributed by atoms with Crippen LogP contribution in [-0.2, 0) is 0 Å². The van der Waals surface area contributed by atoms with Crippen LogP contribution in [0, 0.1) is 11.7 Å². The fourth-order valence-corrected chi connectivity index (χ4v) is 1.89. The van der Waals surface area contributed by atoms with E-state index in [1.54, 1.807) is 12.1 Å². The molecule has 0 bridgehead atoms. The summed E-state index contributed by atoms with van der Waals surface area (Å²) in [5.41, 5.74) is 0.454. The van der Waals surface area contributed by atoms with E-state index in [1.165, 1.54) is 6.07 Å². The van der Waals surface area contributed by atoms with E-state index in [4.69, 9.17) is 4.42 Å². The summed E-state index contributed by atoms with van der Waals surface area (Å²) in [7, 11) is 0. The molecule has 4 heteroatoms. The van der Waals surface area contributed by atoms with Crippen LogP contribution in [0.4, 0.5) is 4.39 Å². The molecule has 86 valence electrons. The Hall–Kier alpha value is -0.870. The molecule has 0 radical (unpaired) electrons. The third-order valence-electron chi connectivity index (χ3n) is 2.50. The molecule has 1 aromatic heterocycles. The Balaban J connectivity index is 2.52. The minimum atomic E-state index is -0.658. The van der Waals surface area contributed by atoms with Crippen LogP contribution in [0.2, 0.25) is 0 Å². The van der Waals surface area contributed by atoms with E-state index < -0.39 is 6.10 Å². The van der Waals surface area contributed by atoms with Gasteiger partial charge in [-0.3, -0.25) is 0 Å². The topological polar surface area (TPSA) is 33.4 Å². The maximum absolute atomic E-state index is 13.2. The Labute approximate surface area is 101 Å². The molecule has 2 nitrogen and oxygen atoms in total. The summed E-state index contributed by atoms with van der Waals surface area (Å²) >= 11 is 3.11. The zero-order chi connectivity index (χ0) is 11.9. The monoisotopic (exact) mass is 286 g/mol. The van der Waals surface area contributed by atoms with Crippen LogP contribution in [0.5, 0.6) is 0 Å². The molecule has 2 rings (SSSR count).